The predicted octanol–water partition coefficient (Wildman–Crippen LogP) is -0.765. The Bertz CT molecular complexity index is 275. The second-order valence-electron chi connectivity index (χ2n) is 2.99. The largest absolute Gasteiger partial charge is 0.480 e. The van der Waals surface area contributed by atoms with Crippen molar-refractivity contribution in [2.45, 2.75) is 18.9 Å². The zero-order valence-electron chi connectivity index (χ0n) is 7.73. The summed E-state index contributed by atoms with van der Waals surface area (Å²) in [5.41, 5.74) is 0. The molecule has 0 bridgehead atoms. The maximum Gasteiger partial charge on any atom is 0.396 e. The smallest absolute Gasteiger partial charge is 0.396 e. The minimum atomic E-state index is -1.08. The fourth-order valence-electron chi connectivity index (χ4n) is 1.47. The van der Waals surface area contributed by atoms with Crippen LogP contribution in [0.5, 0.6) is 0 Å². The van der Waals surface area contributed by atoms with Crippen molar-refractivity contribution in [3.05, 3.63) is 0 Å². The maximum absolute atomic E-state index is 11.3. The van der Waals surface area contributed by atoms with Gasteiger partial charge in [0.05, 0.1) is 7.11 Å². The average Bonchev–Trinajstić information content (AvgIpc) is 2.63. The van der Waals surface area contributed by atoms with E-state index in [1.165, 1.54) is 0 Å². The van der Waals surface area contributed by atoms with E-state index >= 15 is 0 Å². The van der Waals surface area contributed by atoms with Crippen molar-refractivity contribution in [1.29, 1.82) is 0 Å². The van der Waals surface area contributed by atoms with E-state index in [9.17, 15) is 14.4 Å². The molecule has 1 amide bonds. The van der Waals surface area contributed by atoms with Crippen molar-refractivity contribution in [2.24, 2.45) is 0 Å². The highest BCUT2D eigenvalue weighted by atomic mass is 16.5. The number of hydrogen-bond acceptors (Lipinski definition) is 4. The Kier molecular flexibility index (Phi) is 3.06. The Morgan fingerprint density at radius 3 is 2.57 bits per heavy atom. The molecule has 1 aliphatic rings. The van der Waals surface area contributed by atoms with E-state index in [-0.39, 0.29) is 0 Å². The summed E-state index contributed by atoms with van der Waals surface area (Å²) in [6.45, 7) is 0.297. The van der Waals surface area contributed by atoms with Gasteiger partial charge in [0.2, 0.25) is 0 Å². The average molecular weight is 201 g/mol. The Balaban J connectivity index is 2.72. The number of carbonyl (C=O) groups is 3. The van der Waals surface area contributed by atoms with Crippen LogP contribution >= 0.6 is 0 Å². The number of ether oxygens (including phenoxy) is 1. The molecule has 0 saturated carbocycles. The van der Waals surface area contributed by atoms with Crippen LogP contribution in [0.3, 0.4) is 0 Å². The first-order valence-corrected chi connectivity index (χ1v) is 4.19. The highest BCUT2D eigenvalue weighted by molar-refractivity contribution is 6.32. The van der Waals surface area contributed by atoms with Gasteiger partial charge in [0.1, 0.15) is 6.04 Å². The fourth-order valence-corrected chi connectivity index (χ4v) is 1.47. The number of rotatable bonds is 1. The summed E-state index contributed by atoms with van der Waals surface area (Å²) in [5, 5.41) is 8.74. The molecule has 14 heavy (non-hydrogen) atoms. The van der Waals surface area contributed by atoms with Crippen LogP contribution in [0.25, 0.3) is 0 Å². The minimum absolute atomic E-state index is 0.297. The minimum Gasteiger partial charge on any atom is -0.480 e. The number of methoxy groups -OCH3 is 1. The molecule has 1 unspecified atom stereocenters. The molecule has 1 N–H and O–H groups in total. The lowest BCUT2D eigenvalue weighted by atomic mass is 10.2. The predicted molar refractivity (Wildman–Crippen MR) is 44.4 cm³/mol. The molecule has 78 valence electrons. The maximum atomic E-state index is 11.3. The van der Waals surface area contributed by atoms with Crippen LogP contribution in [0.4, 0.5) is 0 Å². The highest BCUT2D eigenvalue weighted by Crippen LogP contribution is 2.17. The number of carboxylic acid groups (broad SMARTS) is 1. The van der Waals surface area contributed by atoms with E-state index in [1.807, 2.05) is 0 Å². The first-order chi connectivity index (χ1) is 6.57. The van der Waals surface area contributed by atoms with Crippen LogP contribution in [-0.4, -0.2) is 47.5 Å². The molecule has 1 atom stereocenters. The van der Waals surface area contributed by atoms with E-state index in [4.69, 9.17) is 5.11 Å². The second-order valence-corrected chi connectivity index (χ2v) is 2.99. The van der Waals surface area contributed by atoms with Gasteiger partial charge in [-0.3, -0.25) is 4.79 Å². The van der Waals surface area contributed by atoms with Crippen LogP contribution in [0.15, 0.2) is 0 Å². The molecular weight excluding hydrogens is 190 g/mol. The van der Waals surface area contributed by atoms with Gasteiger partial charge in [0.25, 0.3) is 0 Å². The standard InChI is InChI=1S/C8H11NO5/c1-14-8(13)6(10)9-4-2-3-5(9)7(11)12/h5H,2-4H2,1H3,(H,11,12). The normalized spacial score (nSPS) is 20.6. The lowest BCUT2D eigenvalue weighted by Gasteiger charge is -2.19. The van der Waals surface area contributed by atoms with E-state index in [0.717, 1.165) is 12.0 Å². The summed E-state index contributed by atoms with van der Waals surface area (Å²) in [5.74, 6) is -2.98. The van der Waals surface area contributed by atoms with Gasteiger partial charge in [-0.15, -0.1) is 0 Å². The Morgan fingerprint density at radius 1 is 1.43 bits per heavy atom. The van der Waals surface area contributed by atoms with Crippen molar-refractivity contribution >= 4 is 17.8 Å². The Labute approximate surface area is 80.4 Å². The number of nitrogens with zero attached hydrogens (tertiary/aromatic N) is 1. The Morgan fingerprint density at radius 2 is 2.07 bits per heavy atom. The molecule has 1 fully saturated rings. The molecule has 1 rings (SSSR count). The third kappa shape index (κ3) is 1.84. The Hall–Kier alpha value is -1.59. The van der Waals surface area contributed by atoms with Crippen molar-refractivity contribution in [2.75, 3.05) is 13.7 Å². The SMILES string of the molecule is COC(=O)C(=O)N1CCCC1C(=O)O. The number of hydrogen-bond donors (Lipinski definition) is 1. The molecule has 1 saturated heterocycles. The number of carboxylic acids is 1. The summed E-state index contributed by atoms with van der Waals surface area (Å²) in [6.07, 6.45) is 0.984. The van der Waals surface area contributed by atoms with Gasteiger partial charge >= 0.3 is 17.8 Å². The fraction of sp³-hybridized carbons (Fsp3) is 0.625. The molecule has 6 nitrogen and oxygen atoms in total. The topological polar surface area (TPSA) is 83.9 Å². The number of carbonyl (C=O) groups excluding carboxylic acids is 2. The monoisotopic (exact) mass is 201 g/mol. The van der Waals surface area contributed by atoms with Crippen molar-refractivity contribution < 1.29 is 24.2 Å². The molecule has 0 spiro atoms. The van der Waals surface area contributed by atoms with Gasteiger partial charge in [0, 0.05) is 6.54 Å². The first-order valence-electron chi connectivity index (χ1n) is 4.19. The first kappa shape index (κ1) is 10.5. The van der Waals surface area contributed by atoms with Gasteiger partial charge < -0.3 is 14.7 Å². The van der Waals surface area contributed by atoms with Crippen LogP contribution in [0.1, 0.15) is 12.8 Å². The molecule has 0 aromatic carbocycles. The van der Waals surface area contributed by atoms with E-state index < -0.39 is 23.9 Å². The number of esters is 1. The van der Waals surface area contributed by atoms with E-state index in [0.29, 0.717) is 19.4 Å². The van der Waals surface area contributed by atoms with Crippen molar-refractivity contribution in [3.63, 3.8) is 0 Å². The number of likely N-dealkylation sites (tertiary alicyclic amines) is 1. The van der Waals surface area contributed by atoms with Crippen LogP contribution in [0.2, 0.25) is 0 Å². The number of aliphatic carboxylic acids is 1. The molecule has 0 aliphatic carbocycles. The summed E-state index contributed by atoms with van der Waals surface area (Å²) in [7, 11) is 1.09. The van der Waals surface area contributed by atoms with Crippen LogP contribution in [0, 0.1) is 0 Å². The number of amides is 1. The van der Waals surface area contributed by atoms with E-state index in [2.05, 4.69) is 4.74 Å². The molecule has 0 aromatic rings. The molecule has 6 heteroatoms. The van der Waals surface area contributed by atoms with Gasteiger partial charge in [-0.25, -0.2) is 9.59 Å². The van der Waals surface area contributed by atoms with Gasteiger partial charge in [-0.05, 0) is 12.8 Å². The highest BCUT2D eigenvalue weighted by Gasteiger charge is 2.37. The third-order valence-corrected chi connectivity index (χ3v) is 2.16. The lowest BCUT2D eigenvalue weighted by molar-refractivity contribution is -0.161. The quantitative estimate of drug-likeness (QED) is 0.445. The summed E-state index contributed by atoms with van der Waals surface area (Å²) in [4.78, 5) is 33.9. The van der Waals surface area contributed by atoms with Crippen molar-refractivity contribution in [3.8, 4) is 0 Å². The lowest BCUT2D eigenvalue weighted by Crippen LogP contribution is -2.44. The van der Waals surface area contributed by atoms with Gasteiger partial charge in [-0.2, -0.15) is 0 Å². The van der Waals surface area contributed by atoms with Crippen LogP contribution < -0.4 is 0 Å². The molecule has 0 aromatic heterocycles. The molecule has 1 heterocycles. The molecule has 1 aliphatic heterocycles. The zero-order valence-corrected chi connectivity index (χ0v) is 7.73. The molecular formula is C8H11NO5. The van der Waals surface area contributed by atoms with Gasteiger partial charge in [-0.1, -0.05) is 0 Å². The molecule has 0 radical (unpaired) electrons. The zero-order chi connectivity index (χ0) is 10.7. The van der Waals surface area contributed by atoms with Crippen molar-refractivity contribution in [1.82, 2.24) is 4.90 Å². The van der Waals surface area contributed by atoms with Gasteiger partial charge in [0.15, 0.2) is 0 Å². The van der Waals surface area contributed by atoms with Crippen LogP contribution in [-0.2, 0) is 19.1 Å². The third-order valence-electron chi connectivity index (χ3n) is 2.16. The van der Waals surface area contributed by atoms with E-state index in [1.54, 1.807) is 0 Å². The second kappa shape index (κ2) is 4.08. The summed E-state index contributed by atoms with van der Waals surface area (Å²) in [6, 6.07) is -0.887. The summed E-state index contributed by atoms with van der Waals surface area (Å²) >= 11 is 0. The summed E-state index contributed by atoms with van der Waals surface area (Å²) < 4.78 is 4.23.